The molecule has 0 bridgehead atoms. The van der Waals surface area contributed by atoms with E-state index in [2.05, 4.69) is 5.32 Å². The van der Waals surface area contributed by atoms with E-state index in [0.29, 0.717) is 0 Å². The van der Waals surface area contributed by atoms with Gasteiger partial charge in [0, 0.05) is 6.04 Å². The van der Waals surface area contributed by atoms with Crippen LogP contribution in [0.25, 0.3) is 0 Å². The number of sulfone groups is 1. The van der Waals surface area contributed by atoms with Crippen LogP contribution in [0.15, 0.2) is 0 Å². The molecule has 1 saturated heterocycles. The fraction of sp³-hybridized carbons (Fsp3) is 1.00. The average Bonchev–Trinajstić information content (AvgIpc) is 2.05. The monoisotopic (exact) mass is 165 g/mol. The summed E-state index contributed by atoms with van der Waals surface area (Å²) in [5, 5.41) is 11.8. The molecular weight excluding hydrogens is 154 g/mol. The molecule has 0 aliphatic carbocycles. The molecule has 5 heteroatoms. The number of hydrogen-bond donors (Lipinski definition) is 2. The van der Waals surface area contributed by atoms with Crippen molar-refractivity contribution < 1.29 is 13.5 Å². The van der Waals surface area contributed by atoms with Crippen LogP contribution in [0.3, 0.4) is 0 Å². The zero-order chi connectivity index (χ0) is 7.78. The summed E-state index contributed by atoms with van der Waals surface area (Å²) < 4.78 is 21.6. The number of aliphatic hydroxyl groups is 1. The molecule has 0 unspecified atom stereocenters. The van der Waals surface area contributed by atoms with Crippen LogP contribution >= 0.6 is 0 Å². The van der Waals surface area contributed by atoms with Gasteiger partial charge in [0.1, 0.15) is 0 Å². The van der Waals surface area contributed by atoms with Gasteiger partial charge in [-0.1, -0.05) is 0 Å². The lowest BCUT2D eigenvalue weighted by Gasteiger charge is -2.09. The Morgan fingerprint density at radius 3 is 2.30 bits per heavy atom. The van der Waals surface area contributed by atoms with E-state index in [1.165, 1.54) is 0 Å². The lowest BCUT2D eigenvalue weighted by atomic mass is 10.2. The number of hydrogen-bond acceptors (Lipinski definition) is 4. The van der Waals surface area contributed by atoms with Crippen LogP contribution in [0.1, 0.15) is 0 Å². The minimum absolute atomic E-state index is 0.0602. The molecule has 4 nitrogen and oxygen atoms in total. The van der Waals surface area contributed by atoms with E-state index in [9.17, 15) is 8.42 Å². The highest BCUT2D eigenvalue weighted by molar-refractivity contribution is 7.91. The van der Waals surface area contributed by atoms with Crippen LogP contribution in [-0.4, -0.2) is 44.2 Å². The van der Waals surface area contributed by atoms with E-state index >= 15 is 0 Å². The zero-order valence-corrected chi connectivity index (χ0v) is 6.56. The standard InChI is InChI=1S/C5H11NO3S/c1-6-4-2-10(8,9)3-5(4)7/h4-7H,2-3H2,1H3/t4-,5-/m1/s1. The third-order valence-electron chi connectivity index (χ3n) is 1.69. The third-order valence-corrected chi connectivity index (χ3v) is 3.41. The molecule has 1 fully saturated rings. The van der Waals surface area contributed by atoms with Gasteiger partial charge in [-0.3, -0.25) is 0 Å². The maximum Gasteiger partial charge on any atom is 0.154 e. The number of rotatable bonds is 1. The van der Waals surface area contributed by atoms with Crippen LogP contribution in [0.2, 0.25) is 0 Å². The molecule has 0 saturated carbocycles. The second-order valence-electron chi connectivity index (χ2n) is 2.54. The fourth-order valence-electron chi connectivity index (χ4n) is 1.10. The van der Waals surface area contributed by atoms with Gasteiger partial charge in [0.05, 0.1) is 17.6 Å². The van der Waals surface area contributed by atoms with E-state index in [1.54, 1.807) is 7.05 Å². The first-order valence-electron chi connectivity index (χ1n) is 3.11. The second-order valence-corrected chi connectivity index (χ2v) is 4.69. The van der Waals surface area contributed by atoms with Crippen molar-refractivity contribution in [1.82, 2.24) is 5.32 Å². The van der Waals surface area contributed by atoms with Gasteiger partial charge >= 0.3 is 0 Å². The minimum Gasteiger partial charge on any atom is -0.390 e. The van der Waals surface area contributed by atoms with E-state index in [4.69, 9.17) is 5.11 Å². The third kappa shape index (κ3) is 1.47. The summed E-state index contributed by atoms with van der Waals surface area (Å²) in [6.07, 6.45) is -0.727. The summed E-state index contributed by atoms with van der Waals surface area (Å²) >= 11 is 0. The Balaban J connectivity index is 2.71. The Hall–Kier alpha value is -0.130. The van der Waals surface area contributed by atoms with Crippen LogP contribution in [-0.2, 0) is 9.84 Å². The molecule has 0 spiro atoms. The van der Waals surface area contributed by atoms with Crippen LogP contribution in [0, 0.1) is 0 Å². The summed E-state index contributed by atoms with van der Waals surface area (Å²) in [5.41, 5.74) is 0. The van der Waals surface area contributed by atoms with Gasteiger partial charge in [0.25, 0.3) is 0 Å². The summed E-state index contributed by atoms with van der Waals surface area (Å²) in [4.78, 5) is 0. The van der Waals surface area contributed by atoms with Gasteiger partial charge in [-0.15, -0.1) is 0 Å². The van der Waals surface area contributed by atoms with E-state index in [-0.39, 0.29) is 17.5 Å². The number of aliphatic hydroxyl groups excluding tert-OH is 1. The van der Waals surface area contributed by atoms with Crippen molar-refractivity contribution in [1.29, 1.82) is 0 Å². The van der Waals surface area contributed by atoms with Crippen LogP contribution < -0.4 is 5.32 Å². The molecule has 0 aromatic carbocycles. The Bertz CT molecular complexity index is 211. The van der Waals surface area contributed by atoms with Gasteiger partial charge in [-0.2, -0.15) is 0 Å². The molecule has 1 heterocycles. The van der Waals surface area contributed by atoms with Crippen molar-refractivity contribution in [3.8, 4) is 0 Å². The molecule has 0 radical (unpaired) electrons. The summed E-state index contributed by atoms with van der Waals surface area (Å²) in [5.74, 6) is -0.0385. The molecule has 0 amide bonds. The van der Waals surface area contributed by atoms with Gasteiger partial charge in [-0.05, 0) is 7.05 Å². The SMILES string of the molecule is CN[C@@H]1CS(=O)(=O)C[C@H]1O. The molecule has 0 aromatic rings. The number of likely N-dealkylation sites (N-methyl/N-ethyl adjacent to an activating group) is 1. The lowest BCUT2D eigenvalue weighted by molar-refractivity contribution is 0.170. The minimum atomic E-state index is -2.97. The summed E-state index contributed by atoms with van der Waals surface area (Å²) in [7, 11) is -1.32. The molecule has 2 atom stereocenters. The summed E-state index contributed by atoms with van der Waals surface area (Å²) in [6.45, 7) is 0. The predicted molar refractivity (Wildman–Crippen MR) is 37.5 cm³/mol. The Kier molecular flexibility index (Phi) is 1.98. The number of nitrogens with one attached hydrogen (secondary N) is 1. The van der Waals surface area contributed by atoms with Gasteiger partial charge in [0.15, 0.2) is 9.84 Å². The maximum atomic E-state index is 10.8. The fourth-order valence-corrected chi connectivity index (χ4v) is 2.93. The highest BCUT2D eigenvalue weighted by atomic mass is 32.2. The topological polar surface area (TPSA) is 66.4 Å². The predicted octanol–water partition coefficient (Wildman–Crippen LogP) is -1.64. The molecule has 1 rings (SSSR count). The van der Waals surface area contributed by atoms with Crippen LogP contribution in [0.4, 0.5) is 0 Å². The van der Waals surface area contributed by atoms with Gasteiger partial charge < -0.3 is 10.4 Å². The van der Waals surface area contributed by atoms with Crippen molar-refractivity contribution in [2.75, 3.05) is 18.6 Å². The highest BCUT2D eigenvalue weighted by Crippen LogP contribution is 2.11. The highest BCUT2D eigenvalue weighted by Gasteiger charge is 2.34. The second kappa shape index (κ2) is 2.48. The molecule has 1 aliphatic rings. The lowest BCUT2D eigenvalue weighted by Crippen LogP contribution is -2.35. The van der Waals surface area contributed by atoms with Crippen molar-refractivity contribution in [3.05, 3.63) is 0 Å². The van der Waals surface area contributed by atoms with Crippen molar-refractivity contribution in [2.45, 2.75) is 12.1 Å². The van der Waals surface area contributed by atoms with E-state index in [1.807, 2.05) is 0 Å². The summed E-state index contributed by atoms with van der Waals surface area (Å²) in [6, 6.07) is -0.273. The largest absolute Gasteiger partial charge is 0.390 e. The van der Waals surface area contributed by atoms with Crippen molar-refractivity contribution >= 4 is 9.84 Å². The normalized spacial score (nSPS) is 38.2. The molecule has 0 aromatic heterocycles. The molecule has 60 valence electrons. The Labute approximate surface area is 60.2 Å². The Morgan fingerprint density at radius 2 is 2.10 bits per heavy atom. The quantitative estimate of drug-likeness (QED) is 0.489. The van der Waals surface area contributed by atoms with Gasteiger partial charge in [0.2, 0.25) is 0 Å². The molecule has 2 N–H and O–H groups in total. The molecule has 1 aliphatic heterocycles. The maximum absolute atomic E-state index is 10.8. The zero-order valence-electron chi connectivity index (χ0n) is 5.74. The van der Waals surface area contributed by atoms with Crippen molar-refractivity contribution in [2.24, 2.45) is 0 Å². The van der Waals surface area contributed by atoms with E-state index < -0.39 is 15.9 Å². The molecular formula is C5H11NO3S. The average molecular weight is 165 g/mol. The first-order valence-corrected chi connectivity index (χ1v) is 4.93. The Morgan fingerprint density at radius 1 is 1.50 bits per heavy atom. The smallest absolute Gasteiger partial charge is 0.154 e. The van der Waals surface area contributed by atoms with Crippen LogP contribution in [0.5, 0.6) is 0 Å². The first-order chi connectivity index (χ1) is 4.55. The first kappa shape index (κ1) is 7.97. The van der Waals surface area contributed by atoms with E-state index in [0.717, 1.165) is 0 Å². The van der Waals surface area contributed by atoms with Gasteiger partial charge in [-0.25, -0.2) is 8.42 Å². The molecule has 10 heavy (non-hydrogen) atoms. The van der Waals surface area contributed by atoms with Crippen molar-refractivity contribution in [3.63, 3.8) is 0 Å².